The first-order valence-electron chi connectivity index (χ1n) is 6.24. The standard InChI is InChI=1S/C16H15NO2S/c18-9-16(17-11-19)15-7-5-14(6-8-15)13-3-1-12(10-20)2-4-13/h1-8,10-11,16,18H,9H2,(H,17,19). The Morgan fingerprint density at radius 1 is 1.05 bits per heavy atom. The lowest BCUT2D eigenvalue weighted by Gasteiger charge is -2.14. The maximum Gasteiger partial charge on any atom is 0.207 e. The highest BCUT2D eigenvalue weighted by molar-refractivity contribution is 7.79. The van der Waals surface area contributed by atoms with Crippen molar-refractivity contribution in [2.45, 2.75) is 6.04 Å². The minimum absolute atomic E-state index is 0.124. The topological polar surface area (TPSA) is 49.3 Å². The largest absolute Gasteiger partial charge is 0.394 e. The van der Waals surface area contributed by atoms with Gasteiger partial charge in [0.25, 0.3) is 0 Å². The molecule has 0 bridgehead atoms. The van der Waals surface area contributed by atoms with Gasteiger partial charge in [0, 0.05) is 5.37 Å². The second kappa shape index (κ2) is 6.93. The molecule has 0 aliphatic carbocycles. The number of aliphatic hydroxyl groups is 1. The molecular formula is C16H15NO2S. The Bertz CT molecular complexity index is 578. The lowest BCUT2D eigenvalue weighted by molar-refractivity contribution is -0.110. The summed E-state index contributed by atoms with van der Waals surface area (Å²) >= 11 is 4.88. The molecule has 102 valence electrons. The molecule has 2 rings (SSSR count). The molecule has 0 fully saturated rings. The van der Waals surface area contributed by atoms with Gasteiger partial charge < -0.3 is 10.4 Å². The van der Waals surface area contributed by atoms with Gasteiger partial charge in [-0.05, 0) is 22.3 Å². The van der Waals surface area contributed by atoms with Crippen molar-refractivity contribution in [1.82, 2.24) is 5.32 Å². The predicted octanol–water partition coefficient (Wildman–Crippen LogP) is 2.48. The number of thiocarbonyl (C=S) groups is 1. The summed E-state index contributed by atoms with van der Waals surface area (Å²) < 4.78 is 0. The summed E-state index contributed by atoms with van der Waals surface area (Å²) in [7, 11) is 0. The Hall–Kier alpha value is -2.04. The highest BCUT2D eigenvalue weighted by atomic mass is 32.1. The second-order valence-electron chi connectivity index (χ2n) is 4.38. The third-order valence-electron chi connectivity index (χ3n) is 3.14. The molecule has 2 aromatic carbocycles. The summed E-state index contributed by atoms with van der Waals surface area (Å²) in [6.07, 6.45) is 0.596. The lowest BCUT2D eigenvalue weighted by atomic mass is 10.0. The molecule has 0 heterocycles. The van der Waals surface area contributed by atoms with Crippen LogP contribution in [-0.2, 0) is 4.79 Å². The molecule has 1 unspecified atom stereocenters. The van der Waals surface area contributed by atoms with Crippen LogP contribution in [0.4, 0.5) is 0 Å². The molecule has 0 saturated heterocycles. The van der Waals surface area contributed by atoms with Gasteiger partial charge in [-0.3, -0.25) is 4.79 Å². The van der Waals surface area contributed by atoms with Crippen molar-refractivity contribution < 1.29 is 9.90 Å². The highest BCUT2D eigenvalue weighted by Gasteiger charge is 2.08. The van der Waals surface area contributed by atoms with Gasteiger partial charge in [-0.25, -0.2) is 0 Å². The fraction of sp³-hybridized carbons (Fsp3) is 0.125. The molecule has 20 heavy (non-hydrogen) atoms. The van der Waals surface area contributed by atoms with Crippen molar-refractivity contribution >= 4 is 24.0 Å². The first kappa shape index (κ1) is 14.4. The van der Waals surface area contributed by atoms with E-state index >= 15 is 0 Å². The second-order valence-corrected chi connectivity index (χ2v) is 4.62. The molecule has 0 spiro atoms. The summed E-state index contributed by atoms with van der Waals surface area (Å²) in [5.41, 5.74) is 4.06. The monoisotopic (exact) mass is 285 g/mol. The number of carbonyl (C=O) groups is 1. The van der Waals surface area contributed by atoms with Gasteiger partial charge in [0.05, 0.1) is 12.6 Å². The van der Waals surface area contributed by atoms with E-state index < -0.39 is 0 Å². The molecule has 0 radical (unpaired) electrons. The van der Waals surface area contributed by atoms with Crippen molar-refractivity contribution in [2.24, 2.45) is 0 Å². The molecule has 1 atom stereocenters. The molecule has 2 N–H and O–H groups in total. The maximum absolute atomic E-state index is 10.5. The fourth-order valence-corrected chi connectivity index (χ4v) is 2.16. The summed E-state index contributed by atoms with van der Waals surface area (Å²) in [5.74, 6) is 0. The van der Waals surface area contributed by atoms with Crippen molar-refractivity contribution in [3.8, 4) is 11.1 Å². The van der Waals surface area contributed by atoms with Gasteiger partial charge in [-0.1, -0.05) is 60.7 Å². The van der Waals surface area contributed by atoms with Crippen LogP contribution < -0.4 is 5.32 Å². The number of aliphatic hydroxyl groups excluding tert-OH is 1. The molecule has 0 saturated carbocycles. The zero-order valence-corrected chi connectivity index (χ0v) is 11.6. The van der Waals surface area contributed by atoms with Crippen LogP contribution in [0.1, 0.15) is 17.2 Å². The summed E-state index contributed by atoms with van der Waals surface area (Å²) in [6, 6.07) is 15.4. The molecule has 0 aliphatic heterocycles. The first-order valence-corrected chi connectivity index (χ1v) is 6.71. The van der Waals surface area contributed by atoms with Gasteiger partial charge in [0.2, 0.25) is 6.41 Å². The Morgan fingerprint density at radius 2 is 1.60 bits per heavy atom. The van der Waals surface area contributed by atoms with E-state index in [1.165, 1.54) is 0 Å². The molecule has 0 aromatic heterocycles. The Morgan fingerprint density at radius 3 is 2.05 bits per heavy atom. The van der Waals surface area contributed by atoms with Crippen LogP contribution in [-0.4, -0.2) is 23.5 Å². The molecule has 1 amide bonds. The van der Waals surface area contributed by atoms with E-state index in [-0.39, 0.29) is 12.6 Å². The third-order valence-corrected chi connectivity index (χ3v) is 3.42. The van der Waals surface area contributed by atoms with Gasteiger partial charge >= 0.3 is 0 Å². The number of hydrogen-bond acceptors (Lipinski definition) is 3. The Labute approximate surface area is 123 Å². The van der Waals surface area contributed by atoms with E-state index in [4.69, 9.17) is 12.2 Å². The van der Waals surface area contributed by atoms with E-state index in [0.717, 1.165) is 22.3 Å². The number of benzene rings is 2. The zero-order chi connectivity index (χ0) is 14.4. The smallest absolute Gasteiger partial charge is 0.207 e. The molecule has 0 aliphatic rings. The van der Waals surface area contributed by atoms with Crippen molar-refractivity contribution in [3.63, 3.8) is 0 Å². The van der Waals surface area contributed by atoms with Crippen molar-refractivity contribution in [2.75, 3.05) is 6.61 Å². The Kier molecular flexibility index (Phi) is 4.98. The predicted molar refractivity (Wildman–Crippen MR) is 83.7 cm³/mol. The van der Waals surface area contributed by atoms with E-state index in [1.54, 1.807) is 5.37 Å². The minimum Gasteiger partial charge on any atom is -0.394 e. The summed E-state index contributed by atoms with van der Waals surface area (Å²) in [5, 5.41) is 13.4. The molecule has 4 heteroatoms. The van der Waals surface area contributed by atoms with Crippen LogP contribution in [0.5, 0.6) is 0 Å². The van der Waals surface area contributed by atoms with E-state index in [9.17, 15) is 9.90 Å². The fourth-order valence-electron chi connectivity index (χ4n) is 2.00. The molecule has 3 nitrogen and oxygen atoms in total. The number of hydrogen-bond donors (Lipinski definition) is 2. The van der Waals surface area contributed by atoms with Crippen LogP contribution in [0, 0.1) is 0 Å². The number of rotatable bonds is 6. The average Bonchev–Trinajstić information content (AvgIpc) is 2.53. The van der Waals surface area contributed by atoms with Crippen molar-refractivity contribution in [3.05, 3.63) is 59.7 Å². The zero-order valence-electron chi connectivity index (χ0n) is 10.8. The van der Waals surface area contributed by atoms with Gasteiger partial charge in [-0.2, -0.15) is 0 Å². The van der Waals surface area contributed by atoms with Crippen LogP contribution in [0.3, 0.4) is 0 Å². The van der Waals surface area contributed by atoms with Gasteiger partial charge in [0.1, 0.15) is 0 Å². The quantitative estimate of drug-likeness (QED) is 0.633. The van der Waals surface area contributed by atoms with E-state index in [2.05, 4.69) is 5.32 Å². The normalized spacial score (nSPS) is 11.7. The number of amides is 1. The molecular weight excluding hydrogens is 270 g/mol. The van der Waals surface area contributed by atoms with Gasteiger partial charge in [0.15, 0.2) is 0 Å². The van der Waals surface area contributed by atoms with E-state index in [0.29, 0.717) is 6.41 Å². The highest BCUT2D eigenvalue weighted by Crippen LogP contribution is 2.22. The summed E-state index contributed by atoms with van der Waals surface area (Å²) in [4.78, 5) is 10.5. The van der Waals surface area contributed by atoms with Crippen LogP contribution in [0.15, 0.2) is 48.5 Å². The third kappa shape index (κ3) is 3.29. The van der Waals surface area contributed by atoms with Crippen LogP contribution in [0.25, 0.3) is 11.1 Å². The van der Waals surface area contributed by atoms with Crippen LogP contribution in [0.2, 0.25) is 0 Å². The summed E-state index contributed by atoms with van der Waals surface area (Å²) in [6.45, 7) is -0.124. The first-order chi connectivity index (χ1) is 9.78. The molecule has 2 aromatic rings. The Balaban J connectivity index is 2.22. The van der Waals surface area contributed by atoms with Gasteiger partial charge in [-0.15, -0.1) is 0 Å². The van der Waals surface area contributed by atoms with E-state index in [1.807, 2.05) is 48.5 Å². The average molecular weight is 285 g/mol. The lowest BCUT2D eigenvalue weighted by Crippen LogP contribution is -2.22. The maximum atomic E-state index is 10.5. The van der Waals surface area contributed by atoms with Crippen molar-refractivity contribution in [1.29, 1.82) is 0 Å². The number of nitrogens with one attached hydrogen (secondary N) is 1. The SMILES string of the molecule is O=CNC(CO)c1ccc(-c2ccc(C=S)cc2)cc1. The van der Waals surface area contributed by atoms with Crippen LogP contribution >= 0.6 is 12.2 Å². The minimum atomic E-state index is -0.362. The number of carbonyl (C=O) groups excluding carboxylic acids is 1.